The van der Waals surface area contributed by atoms with Gasteiger partial charge in [0.15, 0.2) is 17.3 Å². The molecule has 1 aliphatic heterocycles. The van der Waals surface area contributed by atoms with Gasteiger partial charge in [-0.3, -0.25) is 4.99 Å². The molecule has 6 heteroatoms. The van der Waals surface area contributed by atoms with E-state index in [0.717, 1.165) is 12.1 Å². The molecule has 0 bridgehead atoms. The summed E-state index contributed by atoms with van der Waals surface area (Å²) in [4.78, 5) is 6.78. The van der Waals surface area contributed by atoms with Crippen molar-refractivity contribution in [2.45, 2.75) is 6.04 Å². The van der Waals surface area contributed by atoms with E-state index >= 15 is 0 Å². The summed E-state index contributed by atoms with van der Waals surface area (Å²) in [5.41, 5.74) is 7.41. The molecule has 2 heterocycles. The molecule has 6 nitrogen and oxygen atoms in total. The van der Waals surface area contributed by atoms with Crippen LogP contribution in [0.5, 0.6) is 0 Å². The Labute approximate surface area is 116 Å². The number of rotatable bonds is 4. The molecule has 1 aromatic carbocycles. The number of anilines is 1. The van der Waals surface area contributed by atoms with E-state index < -0.39 is 0 Å². The van der Waals surface area contributed by atoms with Gasteiger partial charge in [0.2, 0.25) is 0 Å². The molecule has 3 rings (SSSR count). The number of benzene rings is 1. The van der Waals surface area contributed by atoms with Crippen LogP contribution >= 0.6 is 0 Å². The second-order valence-electron chi connectivity index (χ2n) is 4.57. The Morgan fingerprint density at radius 1 is 1.35 bits per heavy atom. The lowest BCUT2D eigenvalue weighted by molar-refractivity contribution is 0.307. The molecule has 0 amide bonds. The fourth-order valence-corrected chi connectivity index (χ4v) is 2.30. The van der Waals surface area contributed by atoms with Crippen molar-refractivity contribution in [2.24, 2.45) is 4.99 Å². The minimum absolute atomic E-state index is 0.0576. The number of hydrogen-bond acceptors (Lipinski definition) is 6. The number of aliphatic imine (C=N–C) groups is 1. The van der Waals surface area contributed by atoms with E-state index in [1.54, 1.807) is 0 Å². The van der Waals surface area contributed by atoms with Gasteiger partial charge < -0.3 is 10.6 Å². The second kappa shape index (κ2) is 5.16. The summed E-state index contributed by atoms with van der Waals surface area (Å²) < 4.78 is 4.67. The summed E-state index contributed by atoms with van der Waals surface area (Å²) in [5, 5.41) is 7.45. The molecule has 0 saturated carbocycles. The van der Waals surface area contributed by atoms with Crippen molar-refractivity contribution in [3.63, 3.8) is 0 Å². The van der Waals surface area contributed by atoms with Crippen LogP contribution in [0.2, 0.25) is 0 Å². The van der Waals surface area contributed by atoms with Gasteiger partial charge in [0.25, 0.3) is 0 Å². The van der Waals surface area contributed by atoms with Gasteiger partial charge in [-0.05, 0) is 15.9 Å². The molecule has 1 aliphatic rings. The van der Waals surface area contributed by atoms with Crippen LogP contribution < -0.4 is 5.73 Å². The quantitative estimate of drug-likeness (QED) is 0.853. The van der Waals surface area contributed by atoms with Crippen LogP contribution in [0.25, 0.3) is 0 Å². The molecule has 1 aromatic heterocycles. The third-order valence-corrected chi connectivity index (χ3v) is 3.23. The third kappa shape index (κ3) is 2.16. The van der Waals surface area contributed by atoms with Crippen LogP contribution in [-0.2, 0) is 0 Å². The standard InChI is InChI=1S/C14H15N5O/c1-2-8-19-9-11(10-6-4-3-5-7-10)16-14(19)12-13(15)18-20-17-12/h2-7,11H,1,8-9H2,(H2,15,18). The maximum atomic E-state index is 5.76. The van der Waals surface area contributed by atoms with E-state index in [4.69, 9.17) is 10.7 Å². The largest absolute Gasteiger partial charge is 0.379 e. The Kier molecular flexibility index (Phi) is 3.20. The lowest BCUT2D eigenvalue weighted by atomic mass is 10.1. The Hall–Kier alpha value is -2.63. The molecule has 0 aliphatic carbocycles. The first-order chi connectivity index (χ1) is 9.79. The van der Waals surface area contributed by atoms with Crippen molar-refractivity contribution >= 4 is 11.7 Å². The fraction of sp³-hybridized carbons (Fsp3) is 0.214. The van der Waals surface area contributed by atoms with Crippen molar-refractivity contribution in [3.8, 4) is 0 Å². The van der Waals surface area contributed by atoms with E-state index in [-0.39, 0.29) is 11.9 Å². The highest BCUT2D eigenvalue weighted by Gasteiger charge is 2.29. The van der Waals surface area contributed by atoms with Gasteiger partial charge >= 0.3 is 0 Å². The summed E-state index contributed by atoms with van der Waals surface area (Å²) in [6.07, 6.45) is 1.83. The Balaban J connectivity index is 1.96. The SMILES string of the molecule is C=CCN1CC(c2ccccc2)N=C1c1nonc1N. The maximum absolute atomic E-state index is 5.76. The van der Waals surface area contributed by atoms with E-state index in [2.05, 4.69) is 38.6 Å². The van der Waals surface area contributed by atoms with Gasteiger partial charge in [-0.15, -0.1) is 6.58 Å². The topological polar surface area (TPSA) is 80.5 Å². The van der Waals surface area contributed by atoms with E-state index in [0.29, 0.717) is 18.1 Å². The number of nitrogens with zero attached hydrogens (tertiary/aromatic N) is 4. The van der Waals surface area contributed by atoms with Crippen LogP contribution in [0.1, 0.15) is 17.3 Å². The second-order valence-corrected chi connectivity index (χ2v) is 4.57. The predicted molar refractivity (Wildman–Crippen MR) is 76.2 cm³/mol. The Morgan fingerprint density at radius 2 is 2.15 bits per heavy atom. The smallest absolute Gasteiger partial charge is 0.199 e. The molecule has 0 saturated heterocycles. The van der Waals surface area contributed by atoms with Crippen LogP contribution in [-0.4, -0.2) is 34.1 Å². The van der Waals surface area contributed by atoms with Crippen molar-refractivity contribution in [3.05, 3.63) is 54.2 Å². The molecule has 2 aromatic rings. The molecule has 0 radical (unpaired) electrons. The number of nitrogens with two attached hydrogens (primary N) is 1. The normalized spacial score (nSPS) is 18.1. The van der Waals surface area contributed by atoms with Crippen LogP contribution in [0.4, 0.5) is 5.82 Å². The molecule has 0 spiro atoms. The van der Waals surface area contributed by atoms with Gasteiger partial charge in [-0.25, -0.2) is 4.63 Å². The van der Waals surface area contributed by atoms with E-state index in [9.17, 15) is 0 Å². The summed E-state index contributed by atoms with van der Waals surface area (Å²) in [6.45, 7) is 5.21. The lowest BCUT2D eigenvalue weighted by Crippen LogP contribution is -2.29. The van der Waals surface area contributed by atoms with E-state index in [1.807, 2.05) is 24.3 Å². The highest BCUT2D eigenvalue weighted by Crippen LogP contribution is 2.27. The predicted octanol–water partition coefficient (Wildman–Crippen LogP) is 1.64. The molecule has 0 fully saturated rings. The first-order valence-electron chi connectivity index (χ1n) is 6.36. The molecular weight excluding hydrogens is 254 g/mol. The summed E-state index contributed by atoms with van der Waals surface area (Å²) in [6, 6.07) is 10.2. The molecule has 1 unspecified atom stereocenters. The zero-order chi connectivity index (χ0) is 13.9. The minimum atomic E-state index is 0.0576. The number of amidine groups is 1. The Bertz CT molecular complexity index is 634. The molecule has 2 N–H and O–H groups in total. The first-order valence-corrected chi connectivity index (χ1v) is 6.36. The van der Waals surface area contributed by atoms with Crippen molar-refractivity contribution in [1.82, 2.24) is 15.2 Å². The zero-order valence-corrected chi connectivity index (χ0v) is 10.9. The summed E-state index contributed by atoms with van der Waals surface area (Å²) >= 11 is 0. The van der Waals surface area contributed by atoms with Crippen molar-refractivity contribution in [1.29, 1.82) is 0 Å². The molecule has 1 atom stereocenters. The van der Waals surface area contributed by atoms with Crippen LogP contribution in [0, 0.1) is 0 Å². The number of hydrogen-bond donors (Lipinski definition) is 1. The van der Waals surface area contributed by atoms with Crippen LogP contribution in [0.3, 0.4) is 0 Å². The number of nitrogen functional groups attached to an aromatic ring is 1. The lowest BCUT2D eigenvalue weighted by Gasteiger charge is -2.17. The summed E-state index contributed by atoms with van der Waals surface area (Å²) in [7, 11) is 0. The van der Waals surface area contributed by atoms with Gasteiger partial charge in [-0.2, -0.15) is 0 Å². The van der Waals surface area contributed by atoms with E-state index in [1.165, 1.54) is 0 Å². The monoisotopic (exact) mass is 269 g/mol. The van der Waals surface area contributed by atoms with Gasteiger partial charge in [0.1, 0.15) is 0 Å². The fourth-order valence-electron chi connectivity index (χ4n) is 2.30. The molecule has 20 heavy (non-hydrogen) atoms. The number of aromatic nitrogens is 2. The zero-order valence-electron chi connectivity index (χ0n) is 10.9. The average Bonchev–Trinajstić information content (AvgIpc) is 3.06. The Morgan fingerprint density at radius 3 is 2.80 bits per heavy atom. The molecule has 102 valence electrons. The van der Waals surface area contributed by atoms with Crippen LogP contribution in [0.15, 0.2) is 52.6 Å². The summed E-state index contributed by atoms with van der Waals surface area (Å²) in [5.74, 6) is 0.962. The average molecular weight is 269 g/mol. The first kappa shape index (κ1) is 12.4. The highest BCUT2D eigenvalue weighted by atomic mass is 16.6. The van der Waals surface area contributed by atoms with Crippen molar-refractivity contribution < 1.29 is 4.63 Å². The minimum Gasteiger partial charge on any atom is -0.379 e. The van der Waals surface area contributed by atoms with Crippen molar-refractivity contribution in [2.75, 3.05) is 18.8 Å². The maximum Gasteiger partial charge on any atom is 0.199 e. The molecular formula is C14H15N5O. The van der Waals surface area contributed by atoms with Gasteiger partial charge in [0, 0.05) is 13.1 Å². The van der Waals surface area contributed by atoms with Gasteiger partial charge in [0.05, 0.1) is 6.04 Å². The van der Waals surface area contributed by atoms with Gasteiger partial charge in [-0.1, -0.05) is 36.4 Å². The third-order valence-electron chi connectivity index (χ3n) is 3.23. The highest BCUT2D eigenvalue weighted by molar-refractivity contribution is 6.01.